The molecule has 0 spiro atoms. The highest BCUT2D eigenvalue weighted by Crippen LogP contribution is 2.08. The van der Waals surface area contributed by atoms with Gasteiger partial charge in [0.1, 0.15) is 11.7 Å². The molecule has 0 aromatic carbocycles. The van der Waals surface area contributed by atoms with Crippen molar-refractivity contribution in [1.29, 1.82) is 0 Å². The van der Waals surface area contributed by atoms with Gasteiger partial charge in [-0.05, 0) is 6.92 Å². The number of hydrogen-bond acceptors (Lipinski definition) is 3. The van der Waals surface area contributed by atoms with E-state index in [1.54, 1.807) is 13.8 Å². The molecule has 0 amide bonds. The number of ketones is 1. The largest absolute Gasteiger partial charge is 0.465 e. The van der Waals surface area contributed by atoms with Gasteiger partial charge in [-0.1, -0.05) is 6.92 Å². The molecule has 0 aliphatic heterocycles. The highest BCUT2D eigenvalue weighted by Gasteiger charge is 2.25. The molecule has 0 saturated carbocycles. The first-order valence-electron chi connectivity index (χ1n) is 4.30. The van der Waals surface area contributed by atoms with Crippen LogP contribution in [0, 0.1) is 18.3 Å². The number of carbonyl (C=O) groups is 2. The number of rotatable bonds is 5. The summed E-state index contributed by atoms with van der Waals surface area (Å²) >= 11 is 0. The van der Waals surface area contributed by atoms with Crippen molar-refractivity contribution in [3.05, 3.63) is 0 Å². The third-order valence-electron chi connectivity index (χ3n) is 1.63. The zero-order chi connectivity index (χ0) is 10.3. The minimum Gasteiger partial charge on any atom is -0.465 e. The van der Waals surface area contributed by atoms with Crippen molar-refractivity contribution in [2.24, 2.45) is 5.92 Å². The Hall–Kier alpha value is -1.30. The molecule has 3 nitrogen and oxygen atoms in total. The van der Waals surface area contributed by atoms with Crippen molar-refractivity contribution in [3.63, 3.8) is 0 Å². The Kier molecular flexibility index (Phi) is 5.62. The molecule has 0 aliphatic carbocycles. The van der Waals surface area contributed by atoms with Gasteiger partial charge in [-0.25, -0.2) is 0 Å². The monoisotopic (exact) mass is 182 g/mol. The molecule has 0 N–H and O–H groups in total. The smallest absolute Gasteiger partial charge is 0.317 e. The number of hydrogen-bond donors (Lipinski definition) is 0. The van der Waals surface area contributed by atoms with Gasteiger partial charge in [0.15, 0.2) is 0 Å². The minimum atomic E-state index is -0.769. The second-order valence-corrected chi connectivity index (χ2v) is 2.53. The molecule has 1 atom stereocenters. The normalized spacial score (nSPS) is 11.5. The summed E-state index contributed by atoms with van der Waals surface area (Å²) in [5.41, 5.74) is 0. The lowest BCUT2D eigenvalue weighted by molar-refractivity contribution is -0.151. The number of ether oxygens (including phenoxy) is 1. The van der Waals surface area contributed by atoms with Crippen molar-refractivity contribution in [2.75, 3.05) is 6.61 Å². The van der Waals surface area contributed by atoms with Gasteiger partial charge >= 0.3 is 5.97 Å². The first-order chi connectivity index (χ1) is 6.17. The molecular weight excluding hydrogens is 168 g/mol. The van der Waals surface area contributed by atoms with Gasteiger partial charge in [0, 0.05) is 12.8 Å². The lowest BCUT2D eigenvalue weighted by atomic mass is 9.99. The summed E-state index contributed by atoms with van der Waals surface area (Å²) in [6, 6.07) is 0. The van der Waals surface area contributed by atoms with Crippen LogP contribution in [0.1, 0.15) is 26.7 Å². The summed E-state index contributed by atoms with van der Waals surface area (Å²) in [4.78, 5) is 22.4. The topological polar surface area (TPSA) is 43.4 Å². The molecule has 0 bridgehead atoms. The van der Waals surface area contributed by atoms with Crippen molar-refractivity contribution in [2.45, 2.75) is 26.7 Å². The van der Waals surface area contributed by atoms with E-state index in [0.29, 0.717) is 6.42 Å². The first-order valence-corrected chi connectivity index (χ1v) is 4.30. The van der Waals surface area contributed by atoms with Gasteiger partial charge in [-0.3, -0.25) is 9.59 Å². The van der Waals surface area contributed by atoms with Gasteiger partial charge in [-0.2, -0.15) is 0 Å². The lowest BCUT2D eigenvalue weighted by Gasteiger charge is -2.10. The van der Waals surface area contributed by atoms with E-state index < -0.39 is 11.9 Å². The molecular formula is C10H14O3. The Labute approximate surface area is 78.5 Å². The molecule has 0 unspecified atom stereocenters. The Balaban J connectivity index is 4.33. The number of Topliss-reactive ketones (excluding diaryl/α,β-unsaturated/α-hetero) is 1. The number of carbonyl (C=O) groups excluding carboxylic acids is 2. The van der Waals surface area contributed by atoms with Crippen LogP contribution in [0.4, 0.5) is 0 Å². The van der Waals surface area contributed by atoms with Crippen LogP contribution in [-0.4, -0.2) is 18.4 Å². The summed E-state index contributed by atoms with van der Waals surface area (Å²) in [6.07, 6.45) is 5.49. The molecule has 0 aliphatic rings. The van der Waals surface area contributed by atoms with Crippen molar-refractivity contribution >= 4 is 11.8 Å². The molecule has 72 valence electrons. The Morgan fingerprint density at radius 1 is 1.46 bits per heavy atom. The number of terminal acetylenes is 1. The standard InChI is InChI=1S/C10H14O3/c1-4-7-8(9(11)5-2)10(12)13-6-3/h1,8H,5-7H2,2-3H3/t8-/m1/s1. The fraction of sp³-hybridized carbons (Fsp3) is 0.600. The summed E-state index contributed by atoms with van der Waals surface area (Å²) in [5, 5.41) is 0. The average Bonchev–Trinajstić information content (AvgIpc) is 2.13. The maximum atomic E-state index is 11.2. The van der Waals surface area contributed by atoms with E-state index >= 15 is 0 Å². The van der Waals surface area contributed by atoms with Gasteiger partial charge in [0.2, 0.25) is 0 Å². The van der Waals surface area contributed by atoms with Crippen LogP contribution < -0.4 is 0 Å². The summed E-state index contributed by atoms with van der Waals surface area (Å²) in [7, 11) is 0. The predicted molar refractivity (Wildman–Crippen MR) is 48.9 cm³/mol. The average molecular weight is 182 g/mol. The highest BCUT2D eigenvalue weighted by atomic mass is 16.5. The van der Waals surface area contributed by atoms with Gasteiger partial charge in [0.25, 0.3) is 0 Å². The van der Waals surface area contributed by atoms with Crippen molar-refractivity contribution in [3.8, 4) is 12.3 Å². The predicted octanol–water partition coefficient (Wildman–Crippen LogP) is 1.17. The van der Waals surface area contributed by atoms with E-state index in [9.17, 15) is 9.59 Å². The fourth-order valence-electron chi connectivity index (χ4n) is 0.936. The molecule has 0 heterocycles. The van der Waals surface area contributed by atoms with Crippen LogP contribution in [0.3, 0.4) is 0 Å². The maximum absolute atomic E-state index is 11.2. The van der Waals surface area contributed by atoms with Crippen LogP contribution in [0.5, 0.6) is 0 Å². The molecule has 3 heteroatoms. The van der Waals surface area contributed by atoms with E-state index in [0.717, 1.165) is 0 Å². The molecule has 13 heavy (non-hydrogen) atoms. The molecule has 0 rings (SSSR count). The molecule has 0 aromatic rings. The Morgan fingerprint density at radius 3 is 2.46 bits per heavy atom. The van der Waals surface area contributed by atoms with Crippen molar-refractivity contribution in [1.82, 2.24) is 0 Å². The highest BCUT2D eigenvalue weighted by molar-refractivity contribution is 5.99. The van der Waals surface area contributed by atoms with Crippen LogP contribution >= 0.6 is 0 Å². The first kappa shape index (κ1) is 11.7. The summed E-state index contributed by atoms with van der Waals surface area (Å²) in [6.45, 7) is 3.67. The Morgan fingerprint density at radius 2 is 2.08 bits per heavy atom. The molecule has 0 saturated heterocycles. The van der Waals surface area contributed by atoms with Crippen LogP contribution in [0.15, 0.2) is 0 Å². The zero-order valence-corrected chi connectivity index (χ0v) is 8.00. The SMILES string of the molecule is C#CC[C@H](C(=O)CC)C(=O)OCC. The minimum absolute atomic E-state index is 0.130. The van der Waals surface area contributed by atoms with Crippen LogP contribution in [0.25, 0.3) is 0 Å². The second kappa shape index (κ2) is 6.24. The van der Waals surface area contributed by atoms with Gasteiger partial charge in [0.05, 0.1) is 6.61 Å². The number of esters is 1. The lowest BCUT2D eigenvalue weighted by Crippen LogP contribution is -2.25. The zero-order valence-electron chi connectivity index (χ0n) is 8.00. The third-order valence-corrected chi connectivity index (χ3v) is 1.63. The quantitative estimate of drug-likeness (QED) is 0.364. The van der Waals surface area contributed by atoms with Crippen molar-refractivity contribution < 1.29 is 14.3 Å². The molecule has 0 radical (unpaired) electrons. The van der Waals surface area contributed by atoms with E-state index in [1.807, 2.05) is 0 Å². The van der Waals surface area contributed by atoms with Gasteiger partial charge < -0.3 is 4.74 Å². The van der Waals surface area contributed by atoms with Gasteiger partial charge in [-0.15, -0.1) is 12.3 Å². The summed E-state index contributed by atoms with van der Waals surface area (Å²) < 4.78 is 4.72. The van der Waals surface area contributed by atoms with E-state index in [1.165, 1.54) is 0 Å². The third kappa shape index (κ3) is 3.75. The molecule has 0 aromatic heterocycles. The maximum Gasteiger partial charge on any atom is 0.317 e. The van der Waals surface area contributed by atoms with E-state index in [2.05, 4.69) is 5.92 Å². The van der Waals surface area contributed by atoms with Crippen LogP contribution in [-0.2, 0) is 14.3 Å². The Bertz CT molecular complexity index is 225. The van der Waals surface area contributed by atoms with E-state index in [4.69, 9.17) is 11.2 Å². The molecule has 0 fully saturated rings. The van der Waals surface area contributed by atoms with E-state index in [-0.39, 0.29) is 18.8 Å². The second-order valence-electron chi connectivity index (χ2n) is 2.53. The summed E-state index contributed by atoms with van der Waals surface area (Å²) in [5.74, 6) is 0.869. The fourth-order valence-corrected chi connectivity index (χ4v) is 0.936. The van der Waals surface area contributed by atoms with Crippen LogP contribution in [0.2, 0.25) is 0 Å².